The van der Waals surface area contributed by atoms with Crippen LogP contribution >= 0.6 is 0 Å². The summed E-state index contributed by atoms with van der Waals surface area (Å²) in [5.41, 5.74) is 2.72. The molecule has 31 heavy (non-hydrogen) atoms. The molecule has 1 aliphatic carbocycles. The quantitative estimate of drug-likeness (QED) is 0.619. The van der Waals surface area contributed by atoms with Crippen LogP contribution in [0.4, 0.5) is 11.5 Å². The van der Waals surface area contributed by atoms with Crippen LogP contribution in [0.25, 0.3) is 11.4 Å². The van der Waals surface area contributed by atoms with Gasteiger partial charge in [0.05, 0.1) is 12.2 Å². The minimum absolute atomic E-state index is 0.200. The summed E-state index contributed by atoms with van der Waals surface area (Å²) >= 11 is 0. The summed E-state index contributed by atoms with van der Waals surface area (Å²) < 4.78 is 4.02. The highest BCUT2D eigenvalue weighted by Crippen LogP contribution is 2.40. The number of amides is 2. The van der Waals surface area contributed by atoms with E-state index in [-0.39, 0.29) is 6.04 Å². The lowest BCUT2D eigenvalue weighted by molar-refractivity contribution is -0.133. The fraction of sp³-hybridized carbons (Fsp3) is 0.391. The molecule has 8 nitrogen and oxygen atoms in total. The Morgan fingerprint density at radius 1 is 1.13 bits per heavy atom. The number of nitrogens with one attached hydrogen (secondary N) is 2. The van der Waals surface area contributed by atoms with Gasteiger partial charge in [0.25, 0.3) is 0 Å². The summed E-state index contributed by atoms with van der Waals surface area (Å²) in [7, 11) is 0. The molecule has 0 unspecified atom stereocenters. The van der Waals surface area contributed by atoms with Gasteiger partial charge in [0.2, 0.25) is 0 Å². The number of carbonyl (C=O) groups is 2. The highest BCUT2D eigenvalue weighted by Gasteiger charge is 2.31. The number of hydrogen-bond donors (Lipinski definition) is 2. The van der Waals surface area contributed by atoms with Gasteiger partial charge < -0.3 is 15.2 Å². The van der Waals surface area contributed by atoms with Crippen LogP contribution in [0.5, 0.6) is 0 Å². The van der Waals surface area contributed by atoms with E-state index in [0.717, 1.165) is 30.8 Å². The van der Waals surface area contributed by atoms with E-state index < -0.39 is 11.8 Å². The van der Waals surface area contributed by atoms with Gasteiger partial charge in [-0.1, -0.05) is 12.1 Å². The number of imidazole rings is 1. The minimum atomic E-state index is -0.714. The average molecular weight is 419 g/mol. The van der Waals surface area contributed by atoms with E-state index in [0.29, 0.717) is 17.4 Å². The topological polar surface area (TPSA) is 93.8 Å². The van der Waals surface area contributed by atoms with E-state index in [9.17, 15) is 9.59 Å². The van der Waals surface area contributed by atoms with Gasteiger partial charge in [0, 0.05) is 35.8 Å². The van der Waals surface area contributed by atoms with Crippen LogP contribution in [-0.4, -0.2) is 31.1 Å². The first-order valence-corrected chi connectivity index (χ1v) is 10.9. The molecule has 0 radical (unpaired) electrons. The smallest absolute Gasteiger partial charge is 0.315 e. The zero-order chi connectivity index (χ0) is 21.4. The average Bonchev–Trinajstić information content (AvgIpc) is 3.38. The van der Waals surface area contributed by atoms with Crippen LogP contribution in [0.15, 0.2) is 42.7 Å². The number of aromatic nitrogens is 4. The Morgan fingerprint density at radius 3 is 2.81 bits per heavy atom. The molecule has 0 saturated heterocycles. The third-order valence-electron chi connectivity index (χ3n) is 6.19. The Kier molecular flexibility index (Phi) is 5.05. The molecule has 160 valence electrons. The molecule has 0 spiro atoms. The predicted molar refractivity (Wildman–Crippen MR) is 118 cm³/mol. The van der Waals surface area contributed by atoms with Crippen molar-refractivity contribution in [1.82, 2.24) is 19.3 Å². The fourth-order valence-corrected chi connectivity index (χ4v) is 4.28. The number of anilines is 2. The van der Waals surface area contributed by atoms with Crippen LogP contribution < -0.4 is 10.6 Å². The first kappa shape index (κ1) is 19.5. The van der Waals surface area contributed by atoms with Crippen molar-refractivity contribution in [2.45, 2.75) is 51.6 Å². The monoisotopic (exact) mass is 418 g/mol. The molecule has 1 aromatic carbocycles. The molecule has 2 aliphatic rings. The largest absolute Gasteiger partial charge is 0.328 e. The van der Waals surface area contributed by atoms with Gasteiger partial charge in [0.15, 0.2) is 0 Å². The Bertz CT molecular complexity index is 1130. The maximum absolute atomic E-state index is 12.5. The molecular weight excluding hydrogens is 392 g/mol. The van der Waals surface area contributed by atoms with Gasteiger partial charge in [-0.25, -0.2) is 9.67 Å². The molecule has 2 aromatic heterocycles. The summed E-state index contributed by atoms with van der Waals surface area (Å²) in [6.45, 7) is 3.04. The Hall–Kier alpha value is -3.42. The van der Waals surface area contributed by atoms with Gasteiger partial charge in [-0.2, -0.15) is 5.10 Å². The Labute approximate surface area is 180 Å². The van der Waals surface area contributed by atoms with Gasteiger partial charge in [-0.05, 0) is 57.1 Å². The van der Waals surface area contributed by atoms with Crippen molar-refractivity contribution in [1.29, 1.82) is 0 Å². The molecule has 3 heterocycles. The van der Waals surface area contributed by atoms with E-state index in [1.165, 1.54) is 25.0 Å². The first-order chi connectivity index (χ1) is 15.1. The maximum atomic E-state index is 12.5. The van der Waals surface area contributed by atoms with Crippen molar-refractivity contribution in [2.24, 2.45) is 5.92 Å². The number of benzene rings is 1. The Balaban J connectivity index is 1.28. The summed E-state index contributed by atoms with van der Waals surface area (Å²) in [6, 6.07) is 9.37. The Morgan fingerprint density at radius 2 is 1.97 bits per heavy atom. The number of nitrogens with zero attached hydrogens (tertiary/aromatic N) is 4. The van der Waals surface area contributed by atoms with Gasteiger partial charge >= 0.3 is 11.8 Å². The van der Waals surface area contributed by atoms with E-state index in [1.54, 1.807) is 23.0 Å². The third kappa shape index (κ3) is 3.97. The lowest BCUT2D eigenvalue weighted by Gasteiger charge is -2.17. The third-order valence-corrected chi connectivity index (χ3v) is 6.19. The molecular formula is C23H26N6O2. The second kappa shape index (κ2) is 8.02. The zero-order valence-corrected chi connectivity index (χ0v) is 17.5. The highest BCUT2D eigenvalue weighted by molar-refractivity contribution is 6.43. The number of rotatable bonds is 5. The van der Waals surface area contributed by atoms with Crippen molar-refractivity contribution in [3.8, 4) is 11.4 Å². The summed E-state index contributed by atoms with van der Waals surface area (Å²) in [5.74, 6) is 0.591. The number of aryl methyl sites for hydroxylation is 1. The highest BCUT2D eigenvalue weighted by atomic mass is 16.2. The van der Waals surface area contributed by atoms with E-state index in [1.807, 2.05) is 24.4 Å². The van der Waals surface area contributed by atoms with Crippen LogP contribution in [0, 0.1) is 5.92 Å². The molecule has 1 atom stereocenters. The minimum Gasteiger partial charge on any atom is -0.328 e. The molecule has 2 N–H and O–H groups in total. The van der Waals surface area contributed by atoms with Gasteiger partial charge in [-0.3, -0.25) is 9.59 Å². The van der Waals surface area contributed by atoms with E-state index in [2.05, 4.69) is 32.2 Å². The lowest BCUT2D eigenvalue weighted by atomic mass is 10.1. The molecule has 5 rings (SSSR count). The normalized spacial score (nSPS) is 16.4. The molecule has 1 aliphatic heterocycles. The number of fused-ring (bicyclic) bond motifs is 1. The van der Waals surface area contributed by atoms with Crippen molar-refractivity contribution in [3.63, 3.8) is 0 Å². The van der Waals surface area contributed by atoms with E-state index >= 15 is 0 Å². The van der Waals surface area contributed by atoms with Crippen LogP contribution in [-0.2, 0) is 22.6 Å². The molecule has 0 bridgehead atoms. The number of hydrogen-bond acceptors (Lipinski definition) is 4. The zero-order valence-electron chi connectivity index (χ0n) is 17.5. The predicted octanol–water partition coefficient (Wildman–Crippen LogP) is 3.63. The first-order valence-electron chi connectivity index (χ1n) is 10.9. The maximum Gasteiger partial charge on any atom is 0.315 e. The van der Waals surface area contributed by atoms with Crippen LogP contribution in [0.1, 0.15) is 44.3 Å². The summed E-state index contributed by atoms with van der Waals surface area (Å²) in [4.78, 5) is 29.6. The molecule has 8 heteroatoms. The van der Waals surface area contributed by atoms with Crippen molar-refractivity contribution >= 4 is 23.3 Å². The second-order valence-electron chi connectivity index (χ2n) is 8.41. The molecule has 3 aromatic rings. The lowest BCUT2D eigenvalue weighted by Crippen LogP contribution is -2.30. The molecule has 1 fully saturated rings. The summed E-state index contributed by atoms with van der Waals surface area (Å²) in [5, 5.41) is 9.70. The van der Waals surface area contributed by atoms with Crippen molar-refractivity contribution in [3.05, 3.63) is 48.4 Å². The number of carbonyl (C=O) groups excluding carboxylic acids is 2. The standard InChI is InChI=1S/C23H26N6O2/c1-15(16-8-9-16)29-20(10-11-25-29)27-23(31)22(30)26-18-6-4-5-17(13-18)21-24-14-19-7-2-3-12-28(19)21/h4-6,10-11,13-16H,2-3,7-9,12H2,1H3,(H,26,30)(H,27,31)/t15-/m1/s1. The SMILES string of the molecule is C[C@H](C1CC1)n1nccc1NC(=O)C(=O)Nc1cccc(-c2ncc3n2CCCC3)c1. The van der Waals surface area contributed by atoms with Crippen LogP contribution in [0.2, 0.25) is 0 Å². The van der Waals surface area contributed by atoms with Gasteiger partial charge in [-0.15, -0.1) is 0 Å². The fourth-order valence-electron chi connectivity index (χ4n) is 4.28. The van der Waals surface area contributed by atoms with Gasteiger partial charge in [0.1, 0.15) is 11.6 Å². The van der Waals surface area contributed by atoms with Crippen molar-refractivity contribution in [2.75, 3.05) is 10.6 Å². The summed E-state index contributed by atoms with van der Waals surface area (Å²) in [6.07, 6.45) is 9.28. The van der Waals surface area contributed by atoms with E-state index in [4.69, 9.17) is 0 Å². The van der Waals surface area contributed by atoms with Crippen LogP contribution in [0.3, 0.4) is 0 Å². The molecule has 1 saturated carbocycles. The molecule has 2 amide bonds. The van der Waals surface area contributed by atoms with Crippen molar-refractivity contribution < 1.29 is 9.59 Å². The second-order valence-corrected chi connectivity index (χ2v) is 8.41.